The first-order valence-electron chi connectivity index (χ1n) is 6.84. The number of nitrogens with zero attached hydrogens (tertiary/aromatic N) is 2. The summed E-state index contributed by atoms with van der Waals surface area (Å²) in [6.07, 6.45) is 2.76. The van der Waals surface area contributed by atoms with E-state index in [9.17, 15) is 5.11 Å². The molecule has 0 aliphatic carbocycles. The smallest absolute Gasteiger partial charge is 0.237 e. The van der Waals surface area contributed by atoms with Crippen molar-refractivity contribution in [1.82, 2.24) is 14.7 Å². The molecule has 0 aromatic carbocycles. The van der Waals surface area contributed by atoms with Crippen LogP contribution in [0.25, 0.3) is 4.96 Å². The van der Waals surface area contributed by atoms with Gasteiger partial charge in [-0.1, -0.05) is 13.8 Å². The van der Waals surface area contributed by atoms with E-state index in [1.54, 1.807) is 18.4 Å². The summed E-state index contributed by atoms with van der Waals surface area (Å²) in [4.78, 5) is 5.34. The molecule has 0 amide bonds. The Labute approximate surface area is 123 Å². The van der Waals surface area contributed by atoms with Gasteiger partial charge in [0.15, 0.2) is 4.96 Å². The Morgan fingerprint density at radius 3 is 2.95 bits per heavy atom. The molecule has 0 saturated carbocycles. The predicted molar refractivity (Wildman–Crippen MR) is 81.4 cm³/mol. The van der Waals surface area contributed by atoms with E-state index in [1.807, 2.05) is 22.9 Å². The molecule has 0 bridgehead atoms. The van der Waals surface area contributed by atoms with Gasteiger partial charge in [-0.3, -0.25) is 4.40 Å². The molecule has 1 unspecified atom stereocenters. The molecule has 0 fully saturated rings. The summed E-state index contributed by atoms with van der Waals surface area (Å²) < 4.78 is 7.33. The third-order valence-electron chi connectivity index (χ3n) is 3.16. The second kappa shape index (κ2) is 6.11. The van der Waals surface area contributed by atoms with Crippen molar-refractivity contribution in [2.75, 3.05) is 13.7 Å². The Hall–Kier alpha value is -1.11. The first-order valence-corrected chi connectivity index (χ1v) is 7.72. The van der Waals surface area contributed by atoms with Crippen molar-refractivity contribution in [2.24, 2.45) is 5.92 Å². The highest BCUT2D eigenvalue weighted by molar-refractivity contribution is 7.15. The largest absolute Gasteiger partial charge is 0.480 e. The van der Waals surface area contributed by atoms with E-state index in [4.69, 9.17) is 4.74 Å². The summed E-state index contributed by atoms with van der Waals surface area (Å²) in [6, 6.07) is 0. The number of hydrogen-bond donors (Lipinski definition) is 2. The van der Waals surface area contributed by atoms with Crippen molar-refractivity contribution in [3.05, 3.63) is 17.3 Å². The highest BCUT2D eigenvalue weighted by Gasteiger charge is 2.22. The molecule has 0 spiro atoms. The summed E-state index contributed by atoms with van der Waals surface area (Å²) >= 11 is 1.58. The third kappa shape index (κ3) is 3.50. The van der Waals surface area contributed by atoms with Crippen LogP contribution in [0, 0.1) is 5.92 Å². The zero-order chi connectivity index (χ0) is 14.8. The number of imidazole rings is 1. The number of rotatable bonds is 7. The number of fused-ring (bicyclic) bond motifs is 1. The average Bonchev–Trinajstić information content (AvgIpc) is 2.88. The molecule has 2 heterocycles. The summed E-state index contributed by atoms with van der Waals surface area (Å²) in [7, 11) is 1.63. The standard InChI is InChI=1S/C14H23N3O2S/c1-10(2)7-14(3,18)9-15-8-11-12(19-4)16-13-17(11)5-6-20-13/h5-6,10,15,18H,7-9H2,1-4H3. The molecule has 1 atom stereocenters. The maximum absolute atomic E-state index is 10.3. The van der Waals surface area contributed by atoms with Crippen molar-refractivity contribution in [3.63, 3.8) is 0 Å². The summed E-state index contributed by atoms with van der Waals surface area (Å²) in [5, 5.41) is 15.6. The van der Waals surface area contributed by atoms with Crippen LogP contribution in [0.15, 0.2) is 11.6 Å². The minimum Gasteiger partial charge on any atom is -0.480 e. The van der Waals surface area contributed by atoms with Crippen molar-refractivity contribution in [2.45, 2.75) is 39.3 Å². The molecule has 0 saturated heterocycles. The fourth-order valence-electron chi connectivity index (χ4n) is 2.54. The average molecular weight is 297 g/mol. The molecule has 2 rings (SSSR count). The Bertz CT molecular complexity index is 560. The van der Waals surface area contributed by atoms with E-state index < -0.39 is 5.60 Å². The maximum atomic E-state index is 10.3. The van der Waals surface area contributed by atoms with Crippen LogP contribution in [0.2, 0.25) is 0 Å². The molecule has 20 heavy (non-hydrogen) atoms. The molecule has 2 aromatic heterocycles. The molecule has 0 aliphatic rings. The van der Waals surface area contributed by atoms with E-state index >= 15 is 0 Å². The number of thiazole rings is 1. The van der Waals surface area contributed by atoms with Gasteiger partial charge in [-0.05, 0) is 19.3 Å². The van der Waals surface area contributed by atoms with Crippen LogP contribution in [0.3, 0.4) is 0 Å². The SMILES string of the molecule is COc1nc2sccn2c1CNCC(C)(O)CC(C)C. The van der Waals surface area contributed by atoms with Gasteiger partial charge in [0.2, 0.25) is 5.88 Å². The van der Waals surface area contributed by atoms with E-state index in [0.717, 1.165) is 17.1 Å². The van der Waals surface area contributed by atoms with Gasteiger partial charge in [0.1, 0.15) is 5.69 Å². The monoisotopic (exact) mass is 297 g/mol. The second-order valence-corrected chi connectivity index (χ2v) is 6.69. The molecule has 2 N–H and O–H groups in total. The first-order chi connectivity index (χ1) is 9.43. The van der Waals surface area contributed by atoms with Crippen LogP contribution in [-0.2, 0) is 6.54 Å². The number of aromatic nitrogens is 2. The fourth-order valence-corrected chi connectivity index (χ4v) is 3.26. The zero-order valence-corrected chi connectivity index (χ0v) is 13.3. The topological polar surface area (TPSA) is 58.8 Å². The van der Waals surface area contributed by atoms with Crippen molar-refractivity contribution >= 4 is 16.3 Å². The minimum absolute atomic E-state index is 0.472. The highest BCUT2D eigenvalue weighted by atomic mass is 32.1. The van der Waals surface area contributed by atoms with Crippen LogP contribution in [0.4, 0.5) is 0 Å². The van der Waals surface area contributed by atoms with Crippen LogP contribution in [0.1, 0.15) is 32.9 Å². The zero-order valence-electron chi connectivity index (χ0n) is 12.5. The lowest BCUT2D eigenvalue weighted by Gasteiger charge is -2.25. The lowest BCUT2D eigenvalue weighted by Crippen LogP contribution is -2.38. The van der Waals surface area contributed by atoms with Crippen LogP contribution in [0.5, 0.6) is 5.88 Å². The minimum atomic E-state index is -0.695. The van der Waals surface area contributed by atoms with E-state index in [2.05, 4.69) is 24.1 Å². The van der Waals surface area contributed by atoms with Crippen molar-refractivity contribution < 1.29 is 9.84 Å². The molecule has 5 nitrogen and oxygen atoms in total. The molecule has 0 aliphatic heterocycles. The maximum Gasteiger partial charge on any atom is 0.237 e. The summed E-state index contributed by atoms with van der Waals surface area (Å²) in [5.74, 6) is 1.12. The Morgan fingerprint density at radius 2 is 2.30 bits per heavy atom. The van der Waals surface area contributed by atoms with Crippen molar-refractivity contribution in [1.29, 1.82) is 0 Å². The fraction of sp³-hybridized carbons (Fsp3) is 0.643. The number of ether oxygens (including phenoxy) is 1. The highest BCUT2D eigenvalue weighted by Crippen LogP contribution is 2.23. The number of hydrogen-bond acceptors (Lipinski definition) is 5. The molecule has 112 valence electrons. The van der Waals surface area contributed by atoms with Gasteiger partial charge in [-0.25, -0.2) is 0 Å². The molecule has 6 heteroatoms. The number of nitrogens with one attached hydrogen (secondary N) is 1. The number of methoxy groups -OCH3 is 1. The lowest BCUT2D eigenvalue weighted by atomic mass is 9.94. The second-order valence-electron chi connectivity index (χ2n) is 5.82. The predicted octanol–water partition coefficient (Wildman–Crippen LogP) is 2.29. The van der Waals surface area contributed by atoms with Gasteiger partial charge in [-0.15, -0.1) is 11.3 Å². The molecule has 0 radical (unpaired) electrons. The molecular weight excluding hydrogens is 274 g/mol. The number of aliphatic hydroxyl groups is 1. The molecular formula is C14H23N3O2S. The van der Waals surface area contributed by atoms with Gasteiger partial charge in [0, 0.05) is 24.7 Å². The van der Waals surface area contributed by atoms with Crippen LogP contribution in [-0.4, -0.2) is 33.7 Å². The first kappa shape index (κ1) is 15.3. The van der Waals surface area contributed by atoms with Gasteiger partial charge in [-0.2, -0.15) is 4.98 Å². The third-order valence-corrected chi connectivity index (χ3v) is 3.92. The van der Waals surface area contributed by atoms with Crippen molar-refractivity contribution in [3.8, 4) is 5.88 Å². The van der Waals surface area contributed by atoms with Gasteiger partial charge in [0.25, 0.3) is 0 Å². The van der Waals surface area contributed by atoms with E-state index in [0.29, 0.717) is 24.9 Å². The van der Waals surface area contributed by atoms with Gasteiger partial charge >= 0.3 is 0 Å². The Morgan fingerprint density at radius 1 is 1.55 bits per heavy atom. The Kier molecular flexibility index (Phi) is 4.67. The van der Waals surface area contributed by atoms with Gasteiger partial charge in [0.05, 0.1) is 12.7 Å². The lowest BCUT2D eigenvalue weighted by molar-refractivity contribution is 0.0382. The van der Waals surface area contributed by atoms with Crippen LogP contribution >= 0.6 is 11.3 Å². The van der Waals surface area contributed by atoms with E-state index in [1.165, 1.54) is 0 Å². The van der Waals surface area contributed by atoms with Gasteiger partial charge < -0.3 is 15.2 Å². The summed E-state index contributed by atoms with van der Waals surface area (Å²) in [5.41, 5.74) is 0.295. The normalized spacial score (nSPS) is 14.9. The van der Waals surface area contributed by atoms with Crippen LogP contribution < -0.4 is 10.1 Å². The van der Waals surface area contributed by atoms with E-state index in [-0.39, 0.29) is 0 Å². The Balaban J connectivity index is 2.00. The summed E-state index contributed by atoms with van der Waals surface area (Å²) in [6.45, 7) is 7.27. The molecule has 2 aromatic rings. The quantitative estimate of drug-likeness (QED) is 0.823.